The second-order valence-corrected chi connectivity index (χ2v) is 7.10. The molecule has 0 spiro atoms. The molecule has 0 aliphatic heterocycles. The Morgan fingerprint density at radius 2 is 1.79 bits per heavy atom. The Bertz CT molecular complexity index is 847. The molecule has 0 aliphatic carbocycles. The maximum atomic E-state index is 12.4. The lowest BCUT2D eigenvalue weighted by Gasteiger charge is -2.16. The Balaban J connectivity index is 2.32. The van der Waals surface area contributed by atoms with Crippen molar-refractivity contribution in [1.82, 2.24) is 0 Å². The monoisotopic (exact) mass is 349 g/mol. The van der Waals surface area contributed by atoms with E-state index in [0.717, 1.165) is 30.2 Å². The summed E-state index contributed by atoms with van der Waals surface area (Å²) in [6.07, 6.45) is 0.928. The van der Waals surface area contributed by atoms with E-state index in [2.05, 4.69) is 4.72 Å². The second-order valence-electron chi connectivity index (χ2n) is 5.42. The summed E-state index contributed by atoms with van der Waals surface area (Å²) >= 11 is 0. The van der Waals surface area contributed by atoms with Gasteiger partial charge in [-0.2, -0.15) is 0 Å². The first-order valence-corrected chi connectivity index (χ1v) is 8.81. The maximum Gasteiger partial charge on any atom is 0.271 e. The van der Waals surface area contributed by atoms with Crippen LogP contribution in [-0.4, -0.2) is 13.3 Å². The summed E-state index contributed by atoms with van der Waals surface area (Å²) in [5.41, 5.74) is 0.297. The standard InChI is InChI=1S/C16H18N2O5S/c1-3-11(2)12-4-7-14(8-5-12)24(22,23)17-15-10-13(18(20)21)6-9-16(15)19/h4-11,17,19H,3H2,1-2H3/p-1/t11-/m1/s1. The number of nitrogens with zero attached hydrogens (tertiary/aromatic N) is 1. The molecule has 2 aromatic rings. The Morgan fingerprint density at radius 1 is 1.17 bits per heavy atom. The van der Waals surface area contributed by atoms with Crippen LogP contribution < -0.4 is 9.83 Å². The van der Waals surface area contributed by atoms with E-state index in [0.29, 0.717) is 5.92 Å². The Morgan fingerprint density at radius 3 is 2.33 bits per heavy atom. The van der Waals surface area contributed by atoms with Crippen LogP contribution in [0.3, 0.4) is 0 Å². The van der Waals surface area contributed by atoms with Crippen LogP contribution in [0.1, 0.15) is 31.7 Å². The van der Waals surface area contributed by atoms with Crippen LogP contribution in [0, 0.1) is 10.1 Å². The van der Waals surface area contributed by atoms with Gasteiger partial charge < -0.3 is 5.11 Å². The lowest BCUT2D eigenvalue weighted by molar-refractivity contribution is -0.385. The van der Waals surface area contributed by atoms with E-state index in [-0.39, 0.29) is 16.3 Å². The quantitative estimate of drug-likeness (QED) is 0.636. The highest BCUT2D eigenvalue weighted by atomic mass is 32.2. The van der Waals surface area contributed by atoms with Crippen molar-refractivity contribution in [1.29, 1.82) is 0 Å². The predicted molar refractivity (Wildman–Crippen MR) is 88.5 cm³/mol. The van der Waals surface area contributed by atoms with Crippen molar-refractivity contribution in [2.75, 3.05) is 4.72 Å². The number of hydrogen-bond acceptors (Lipinski definition) is 5. The van der Waals surface area contributed by atoms with Gasteiger partial charge in [-0.3, -0.25) is 14.8 Å². The van der Waals surface area contributed by atoms with Gasteiger partial charge in [-0.05, 0) is 30.0 Å². The van der Waals surface area contributed by atoms with E-state index >= 15 is 0 Å². The van der Waals surface area contributed by atoms with Crippen LogP contribution in [0.25, 0.3) is 0 Å². The molecule has 128 valence electrons. The van der Waals surface area contributed by atoms with Gasteiger partial charge >= 0.3 is 0 Å². The third-order valence-corrected chi connectivity index (χ3v) is 5.17. The van der Waals surface area contributed by atoms with E-state index < -0.39 is 20.7 Å². The van der Waals surface area contributed by atoms with E-state index in [1.807, 2.05) is 13.8 Å². The highest BCUT2D eigenvalue weighted by molar-refractivity contribution is 7.92. The average Bonchev–Trinajstić information content (AvgIpc) is 2.55. The number of non-ortho nitro benzene ring substituents is 1. The van der Waals surface area contributed by atoms with Gasteiger partial charge in [-0.1, -0.05) is 37.8 Å². The Hall–Kier alpha value is -2.61. The maximum absolute atomic E-state index is 12.4. The van der Waals surface area contributed by atoms with Crippen LogP contribution in [0.4, 0.5) is 11.4 Å². The highest BCUT2D eigenvalue weighted by Crippen LogP contribution is 2.28. The first kappa shape index (κ1) is 17.7. The molecule has 0 saturated heterocycles. The minimum absolute atomic E-state index is 0.0135. The predicted octanol–water partition coefficient (Wildman–Crippen LogP) is 2.98. The number of benzene rings is 2. The highest BCUT2D eigenvalue weighted by Gasteiger charge is 2.17. The lowest BCUT2D eigenvalue weighted by atomic mass is 9.99. The molecular formula is C16H17N2O5S-. The van der Waals surface area contributed by atoms with Crippen LogP contribution in [0.15, 0.2) is 47.4 Å². The number of nitrogens with one attached hydrogen (secondary N) is 1. The molecule has 0 aliphatic rings. The summed E-state index contributed by atoms with van der Waals surface area (Å²) in [4.78, 5) is 10.0. The molecule has 24 heavy (non-hydrogen) atoms. The van der Waals surface area contributed by atoms with Crippen molar-refractivity contribution in [3.63, 3.8) is 0 Å². The molecule has 1 atom stereocenters. The molecule has 0 radical (unpaired) electrons. The smallest absolute Gasteiger partial charge is 0.271 e. The topological polar surface area (TPSA) is 112 Å². The number of anilines is 1. The normalized spacial score (nSPS) is 12.6. The molecule has 0 fully saturated rings. The number of sulfonamides is 1. The zero-order valence-corrected chi connectivity index (χ0v) is 14.0. The van der Waals surface area contributed by atoms with E-state index in [1.165, 1.54) is 12.1 Å². The number of nitro groups is 1. The zero-order valence-electron chi connectivity index (χ0n) is 13.2. The molecule has 0 aromatic heterocycles. The average molecular weight is 349 g/mol. The fourth-order valence-electron chi connectivity index (χ4n) is 2.13. The summed E-state index contributed by atoms with van der Waals surface area (Å²) in [6, 6.07) is 9.23. The molecular weight excluding hydrogens is 332 g/mol. The molecule has 2 rings (SSSR count). The third-order valence-electron chi connectivity index (χ3n) is 3.79. The van der Waals surface area contributed by atoms with Crippen LogP contribution in [0.2, 0.25) is 0 Å². The van der Waals surface area contributed by atoms with Gasteiger partial charge in [0.2, 0.25) is 0 Å². The van der Waals surface area contributed by atoms with Crippen molar-refractivity contribution >= 4 is 21.4 Å². The number of nitro benzene ring substituents is 1. The minimum Gasteiger partial charge on any atom is -0.871 e. The second kappa shape index (κ2) is 6.88. The van der Waals surface area contributed by atoms with E-state index in [4.69, 9.17) is 0 Å². The van der Waals surface area contributed by atoms with Gasteiger partial charge in [-0.25, -0.2) is 8.42 Å². The number of rotatable bonds is 6. The summed E-state index contributed by atoms with van der Waals surface area (Å²) in [6.45, 7) is 4.07. The van der Waals surface area contributed by atoms with Crippen LogP contribution in [-0.2, 0) is 10.0 Å². The molecule has 0 bridgehead atoms. The molecule has 8 heteroatoms. The molecule has 0 heterocycles. The van der Waals surface area contributed by atoms with Gasteiger partial charge in [0.15, 0.2) is 0 Å². The summed E-state index contributed by atoms with van der Waals surface area (Å²) in [5, 5.41) is 22.5. The summed E-state index contributed by atoms with van der Waals surface area (Å²) in [7, 11) is -4.00. The largest absolute Gasteiger partial charge is 0.871 e. The summed E-state index contributed by atoms with van der Waals surface area (Å²) in [5.74, 6) is -0.333. The lowest BCUT2D eigenvalue weighted by Crippen LogP contribution is -2.14. The number of hydrogen-bond donors (Lipinski definition) is 1. The first-order valence-electron chi connectivity index (χ1n) is 7.33. The molecule has 7 nitrogen and oxygen atoms in total. The van der Waals surface area contributed by atoms with Gasteiger partial charge in [0.1, 0.15) is 0 Å². The van der Waals surface area contributed by atoms with Gasteiger partial charge in [0.25, 0.3) is 15.7 Å². The van der Waals surface area contributed by atoms with Gasteiger partial charge in [0, 0.05) is 17.8 Å². The Kier molecular flexibility index (Phi) is 5.08. The molecule has 0 unspecified atom stereocenters. The fraction of sp³-hybridized carbons (Fsp3) is 0.250. The Labute approximate surface area is 140 Å². The van der Waals surface area contributed by atoms with Crippen molar-refractivity contribution in [3.8, 4) is 5.75 Å². The fourth-order valence-corrected chi connectivity index (χ4v) is 3.19. The molecule has 0 amide bonds. The van der Waals surface area contributed by atoms with Crippen LogP contribution >= 0.6 is 0 Å². The summed E-state index contributed by atoms with van der Waals surface area (Å²) < 4.78 is 26.8. The van der Waals surface area contributed by atoms with E-state index in [1.54, 1.807) is 12.1 Å². The van der Waals surface area contributed by atoms with Crippen molar-refractivity contribution in [2.45, 2.75) is 31.1 Å². The first-order chi connectivity index (χ1) is 11.2. The molecule has 2 aromatic carbocycles. The molecule has 1 N–H and O–H groups in total. The van der Waals surface area contributed by atoms with Crippen molar-refractivity contribution in [3.05, 3.63) is 58.1 Å². The van der Waals surface area contributed by atoms with Gasteiger partial charge in [-0.15, -0.1) is 0 Å². The van der Waals surface area contributed by atoms with Crippen molar-refractivity contribution < 1.29 is 18.4 Å². The minimum atomic E-state index is -4.00. The van der Waals surface area contributed by atoms with Crippen LogP contribution in [0.5, 0.6) is 5.75 Å². The van der Waals surface area contributed by atoms with E-state index in [9.17, 15) is 23.6 Å². The van der Waals surface area contributed by atoms with Gasteiger partial charge in [0.05, 0.1) is 9.82 Å². The van der Waals surface area contributed by atoms with Crippen molar-refractivity contribution in [2.24, 2.45) is 0 Å². The molecule has 0 saturated carbocycles. The third kappa shape index (κ3) is 3.83. The SMILES string of the molecule is CC[C@@H](C)c1ccc(S(=O)(=O)Nc2cc([N+](=O)[O-])ccc2[O-])cc1. The zero-order chi connectivity index (χ0) is 17.9.